The summed E-state index contributed by atoms with van der Waals surface area (Å²) < 4.78 is 10.5. The minimum atomic E-state index is 0.110. The van der Waals surface area contributed by atoms with E-state index < -0.39 is 0 Å². The maximum Gasteiger partial charge on any atom is 0.161 e. The van der Waals surface area contributed by atoms with Gasteiger partial charge in [-0.25, -0.2) is 0 Å². The van der Waals surface area contributed by atoms with Crippen molar-refractivity contribution in [1.82, 2.24) is 0 Å². The van der Waals surface area contributed by atoms with Gasteiger partial charge < -0.3 is 15.2 Å². The predicted octanol–water partition coefficient (Wildman–Crippen LogP) is 1.95. The fourth-order valence-corrected chi connectivity index (χ4v) is 2.81. The Morgan fingerprint density at radius 1 is 1.27 bits per heavy atom. The highest BCUT2D eigenvalue weighted by atomic mass is 32.2. The molecule has 1 heterocycles. The maximum absolute atomic E-state index is 6.04. The van der Waals surface area contributed by atoms with Crippen LogP contribution in [0.3, 0.4) is 0 Å². The van der Waals surface area contributed by atoms with Gasteiger partial charge in [-0.15, -0.1) is 0 Å². The van der Waals surface area contributed by atoms with Crippen LogP contribution in [0.5, 0.6) is 11.5 Å². The fraction of sp³-hybridized carbons (Fsp3) is 0.455. The summed E-state index contributed by atoms with van der Waals surface area (Å²) in [5.41, 5.74) is 8.49. The van der Waals surface area contributed by atoms with Gasteiger partial charge in [-0.3, -0.25) is 0 Å². The van der Waals surface area contributed by atoms with E-state index in [2.05, 4.69) is 0 Å². The summed E-state index contributed by atoms with van der Waals surface area (Å²) in [6, 6.07) is 4.14. The summed E-state index contributed by atoms with van der Waals surface area (Å²) >= 11 is 1.86. The molecule has 1 aromatic rings. The molecular formula is C11H15NO2S. The van der Waals surface area contributed by atoms with Crippen molar-refractivity contribution in [3.05, 3.63) is 23.3 Å². The molecule has 1 atom stereocenters. The number of thioether (sulfide) groups is 1. The van der Waals surface area contributed by atoms with Crippen LogP contribution >= 0.6 is 11.8 Å². The molecule has 2 rings (SSSR count). The smallest absolute Gasteiger partial charge is 0.161 e. The van der Waals surface area contributed by atoms with E-state index in [9.17, 15) is 0 Å². The van der Waals surface area contributed by atoms with Gasteiger partial charge in [0.05, 0.1) is 14.2 Å². The molecule has 4 heteroatoms. The third kappa shape index (κ3) is 1.92. The average molecular weight is 225 g/mol. The van der Waals surface area contributed by atoms with Gasteiger partial charge in [0, 0.05) is 17.5 Å². The zero-order valence-electron chi connectivity index (χ0n) is 8.95. The van der Waals surface area contributed by atoms with E-state index in [-0.39, 0.29) is 6.04 Å². The van der Waals surface area contributed by atoms with Gasteiger partial charge in [0.1, 0.15) is 0 Å². The molecule has 15 heavy (non-hydrogen) atoms. The molecule has 0 saturated heterocycles. The van der Waals surface area contributed by atoms with Crippen LogP contribution in [-0.4, -0.2) is 20.0 Å². The third-order valence-electron chi connectivity index (χ3n) is 2.60. The summed E-state index contributed by atoms with van der Waals surface area (Å²) in [5.74, 6) is 3.52. The van der Waals surface area contributed by atoms with E-state index >= 15 is 0 Å². The van der Waals surface area contributed by atoms with Crippen molar-refractivity contribution in [2.75, 3.05) is 20.0 Å². The highest BCUT2D eigenvalue weighted by Crippen LogP contribution is 2.38. The van der Waals surface area contributed by atoms with E-state index in [1.165, 1.54) is 11.1 Å². The van der Waals surface area contributed by atoms with E-state index in [4.69, 9.17) is 15.2 Å². The summed E-state index contributed by atoms with van der Waals surface area (Å²) in [5, 5.41) is 0. The van der Waals surface area contributed by atoms with Crippen molar-refractivity contribution in [3.8, 4) is 11.5 Å². The first-order valence-corrected chi connectivity index (χ1v) is 6.00. The molecule has 0 bridgehead atoms. The highest BCUT2D eigenvalue weighted by molar-refractivity contribution is 7.98. The first-order valence-electron chi connectivity index (χ1n) is 4.84. The van der Waals surface area contributed by atoms with Crippen LogP contribution in [0.25, 0.3) is 0 Å². The molecular weight excluding hydrogens is 210 g/mol. The summed E-state index contributed by atoms with van der Waals surface area (Å²) in [7, 11) is 3.30. The second-order valence-electron chi connectivity index (χ2n) is 3.53. The number of benzene rings is 1. The molecule has 0 amide bonds. The number of methoxy groups -OCH3 is 2. The second-order valence-corrected chi connectivity index (χ2v) is 4.56. The summed E-state index contributed by atoms with van der Waals surface area (Å²) in [6.07, 6.45) is 0. The first-order chi connectivity index (χ1) is 7.26. The van der Waals surface area contributed by atoms with Crippen molar-refractivity contribution in [2.45, 2.75) is 11.8 Å². The molecule has 3 nitrogen and oxygen atoms in total. The highest BCUT2D eigenvalue weighted by Gasteiger charge is 2.20. The van der Waals surface area contributed by atoms with Crippen molar-refractivity contribution in [2.24, 2.45) is 5.73 Å². The van der Waals surface area contributed by atoms with Crippen LogP contribution in [0.2, 0.25) is 0 Å². The van der Waals surface area contributed by atoms with Gasteiger partial charge in [-0.1, -0.05) is 0 Å². The molecule has 2 N–H and O–H groups in total. The number of hydrogen-bond donors (Lipinski definition) is 1. The molecule has 0 unspecified atom stereocenters. The number of ether oxygens (including phenoxy) is 2. The first kappa shape index (κ1) is 10.6. The van der Waals surface area contributed by atoms with Crippen LogP contribution in [0.4, 0.5) is 0 Å². The van der Waals surface area contributed by atoms with Crippen molar-refractivity contribution >= 4 is 11.8 Å². The van der Waals surface area contributed by atoms with Gasteiger partial charge in [0.15, 0.2) is 11.5 Å². The molecule has 0 aliphatic carbocycles. The zero-order chi connectivity index (χ0) is 10.8. The second kappa shape index (κ2) is 4.33. The van der Waals surface area contributed by atoms with Gasteiger partial charge in [0.25, 0.3) is 0 Å². The van der Waals surface area contributed by atoms with Crippen molar-refractivity contribution in [3.63, 3.8) is 0 Å². The normalized spacial score (nSPS) is 19.5. The lowest BCUT2D eigenvalue weighted by atomic mass is 10.0. The Morgan fingerprint density at radius 3 is 2.60 bits per heavy atom. The Kier molecular flexibility index (Phi) is 3.07. The monoisotopic (exact) mass is 225 g/mol. The molecule has 82 valence electrons. The number of fused-ring (bicyclic) bond motifs is 1. The summed E-state index contributed by atoms with van der Waals surface area (Å²) in [4.78, 5) is 0. The largest absolute Gasteiger partial charge is 0.493 e. The Hall–Kier alpha value is -0.870. The summed E-state index contributed by atoms with van der Waals surface area (Å²) in [6.45, 7) is 0. The third-order valence-corrected chi connectivity index (χ3v) is 3.71. The quantitative estimate of drug-likeness (QED) is 0.835. The van der Waals surface area contributed by atoms with Crippen LogP contribution in [0, 0.1) is 0 Å². The zero-order valence-corrected chi connectivity index (χ0v) is 9.76. The molecule has 0 spiro atoms. The Labute approximate surface area is 93.9 Å². The number of hydrogen-bond acceptors (Lipinski definition) is 4. The topological polar surface area (TPSA) is 44.5 Å². The number of rotatable bonds is 2. The van der Waals surface area contributed by atoms with Crippen LogP contribution in [-0.2, 0) is 5.75 Å². The minimum Gasteiger partial charge on any atom is -0.493 e. The minimum absolute atomic E-state index is 0.110. The molecule has 1 aliphatic heterocycles. The van der Waals surface area contributed by atoms with Crippen LogP contribution < -0.4 is 15.2 Å². The predicted molar refractivity (Wildman–Crippen MR) is 62.6 cm³/mol. The molecule has 0 fully saturated rings. The Morgan fingerprint density at radius 2 is 1.93 bits per heavy atom. The standard InChI is InChI=1S/C11H15NO2S/c1-13-10-3-7-5-15-6-9(12)8(7)4-11(10)14-2/h3-4,9H,5-6,12H2,1-2H3/t9-/m1/s1. The van der Waals surface area contributed by atoms with Gasteiger partial charge in [0.2, 0.25) is 0 Å². The lowest BCUT2D eigenvalue weighted by molar-refractivity contribution is 0.354. The maximum atomic E-state index is 6.04. The van der Waals surface area contributed by atoms with E-state index in [0.29, 0.717) is 0 Å². The number of nitrogens with two attached hydrogens (primary N) is 1. The van der Waals surface area contributed by atoms with Crippen molar-refractivity contribution < 1.29 is 9.47 Å². The lowest BCUT2D eigenvalue weighted by Gasteiger charge is -2.23. The van der Waals surface area contributed by atoms with Crippen LogP contribution in [0.1, 0.15) is 17.2 Å². The molecule has 0 aromatic heterocycles. The Bertz CT molecular complexity index is 368. The van der Waals surface area contributed by atoms with Gasteiger partial charge in [-0.05, 0) is 23.3 Å². The van der Waals surface area contributed by atoms with E-state index in [1.807, 2.05) is 23.9 Å². The van der Waals surface area contributed by atoms with Gasteiger partial charge >= 0.3 is 0 Å². The van der Waals surface area contributed by atoms with Crippen molar-refractivity contribution in [1.29, 1.82) is 0 Å². The van der Waals surface area contributed by atoms with E-state index in [1.54, 1.807) is 14.2 Å². The van der Waals surface area contributed by atoms with Gasteiger partial charge in [-0.2, -0.15) is 11.8 Å². The molecule has 0 radical (unpaired) electrons. The molecule has 0 saturated carbocycles. The van der Waals surface area contributed by atoms with E-state index in [0.717, 1.165) is 23.0 Å². The fourth-order valence-electron chi connectivity index (χ4n) is 1.79. The SMILES string of the molecule is COc1cc2c(cc1OC)[C@H](N)CSC2. The molecule has 1 aromatic carbocycles. The lowest BCUT2D eigenvalue weighted by Crippen LogP contribution is -2.19. The van der Waals surface area contributed by atoms with Crippen LogP contribution in [0.15, 0.2) is 12.1 Å². The molecule has 1 aliphatic rings. The Balaban J connectivity index is 2.48. The average Bonchev–Trinajstić information content (AvgIpc) is 2.28.